The molecule has 154 valence electrons. The van der Waals surface area contributed by atoms with Gasteiger partial charge in [-0.05, 0) is 41.8 Å². The van der Waals surface area contributed by atoms with E-state index in [1.165, 1.54) is 17.7 Å². The Hall–Kier alpha value is -2.40. The maximum atomic E-state index is 13.4. The molecule has 4 rings (SSSR count). The fraction of sp³-hybridized carbons (Fsp3) is 0.458. The molecule has 0 N–H and O–H groups in total. The van der Waals surface area contributed by atoms with Gasteiger partial charge in [0.2, 0.25) is 5.91 Å². The molecule has 2 aromatic rings. The molecule has 0 unspecified atom stereocenters. The maximum absolute atomic E-state index is 13.4. The summed E-state index contributed by atoms with van der Waals surface area (Å²) >= 11 is 0. The van der Waals surface area contributed by atoms with E-state index in [-0.39, 0.29) is 23.7 Å². The average Bonchev–Trinajstić information content (AvgIpc) is 3.13. The first-order chi connectivity index (χ1) is 14.1. The van der Waals surface area contributed by atoms with Crippen LogP contribution in [-0.2, 0) is 11.3 Å². The first-order valence-electron chi connectivity index (χ1n) is 10.5. The Morgan fingerprint density at radius 2 is 1.83 bits per heavy atom. The minimum atomic E-state index is -0.213. The lowest BCUT2D eigenvalue weighted by Gasteiger charge is -2.39. The molecule has 0 aromatic heterocycles. The highest BCUT2D eigenvalue weighted by atomic mass is 19.1. The number of hydrogen-bond donors (Lipinski definition) is 0. The molecule has 2 fully saturated rings. The van der Waals surface area contributed by atoms with E-state index in [4.69, 9.17) is 4.74 Å². The van der Waals surface area contributed by atoms with Crippen molar-refractivity contribution in [3.8, 4) is 5.75 Å². The molecule has 3 atom stereocenters. The molecule has 0 saturated carbocycles. The van der Waals surface area contributed by atoms with Gasteiger partial charge in [-0.25, -0.2) is 4.39 Å². The van der Waals surface area contributed by atoms with Gasteiger partial charge in [-0.15, -0.1) is 0 Å². The first kappa shape index (κ1) is 19.9. The van der Waals surface area contributed by atoms with E-state index in [1.807, 2.05) is 31.2 Å². The van der Waals surface area contributed by atoms with Gasteiger partial charge in [-0.2, -0.15) is 0 Å². The maximum Gasteiger partial charge on any atom is 0.222 e. The highest BCUT2D eigenvalue weighted by Crippen LogP contribution is 2.42. The molecule has 2 aliphatic heterocycles. The summed E-state index contributed by atoms with van der Waals surface area (Å²) in [6.45, 7) is 5.50. The minimum absolute atomic E-state index is 0.213. The summed E-state index contributed by atoms with van der Waals surface area (Å²) in [4.78, 5) is 17.1. The lowest BCUT2D eigenvalue weighted by Crippen LogP contribution is -2.47. The molecule has 5 heteroatoms. The SMILES string of the molecule is CCC(=O)N1C[C@H](c2ccc(F)cc2)[C@H]2CN(Cc3ccc(OC)cc3)CC[C@H]21. The summed E-state index contributed by atoms with van der Waals surface area (Å²) in [5, 5.41) is 0. The molecule has 29 heavy (non-hydrogen) atoms. The van der Waals surface area contributed by atoms with Gasteiger partial charge in [-0.1, -0.05) is 31.2 Å². The molecule has 2 aromatic carbocycles. The Kier molecular flexibility index (Phi) is 5.86. The van der Waals surface area contributed by atoms with Gasteiger partial charge in [0.05, 0.1) is 7.11 Å². The number of halogens is 1. The molecular weight excluding hydrogens is 367 g/mol. The van der Waals surface area contributed by atoms with Crippen LogP contribution < -0.4 is 4.74 Å². The Bertz CT molecular complexity index is 837. The minimum Gasteiger partial charge on any atom is -0.497 e. The molecule has 2 aliphatic rings. The predicted octanol–water partition coefficient (Wildman–Crippen LogP) is 4.06. The molecule has 4 nitrogen and oxygen atoms in total. The van der Waals surface area contributed by atoms with Crippen molar-refractivity contribution in [2.75, 3.05) is 26.7 Å². The fourth-order valence-corrected chi connectivity index (χ4v) is 4.99. The second-order valence-electron chi connectivity index (χ2n) is 8.16. The van der Waals surface area contributed by atoms with Crippen LogP contribution >= 0.6 is 0 Å². The van der Waals surface area contributed by atoms with E-state index >= 15 is 0 Å². The van der Waals surface area contributed by atoms with Gasteiger partial charge in [0.25, 0.3) is 0 Å². The second kappa shape index (κ2) is 8.54. The van der Waals surface area contributed by atoms with Crippen LogP contribution in [0.5, 0.6) is 5.75 Å². The average molecular weight is 397 g/mol. The number of carbonyl (C=O) groups excluding carboxylic acids is 1. The van der Waals surface area contributed by atoms with Crippen molar-refractivity contribution in [2.45, 2.75) is 38.3 Å². The molecule has 1 amide bonds. The molecule has 2 saturated heterocycles. The molecule has 0 bridgehead atoms. The van der Waals surface area contributed by atoms with Crippen molar-refractivity contribution in [2.24, 2.45) is 5.92 Å². The zero-order valence-electron chi connectivity index (χ0n) is 17.2. The van der Waals surface area contributed by atoms with Gasteiger partial charge >= 0.3 is 0 Å². The third-order valence-corrected chi connectivity index (χ3v) is 6.50. The zero-order chi connectivity index (χ0) is 20.4. The number of fused-ring (bicyclic) bond motifs is 1. The van der Waals surface area contributed by atoms with Crippen LogP contribution in [0.25, 0.3) is 0 Å². The van der Waals surface area contributed by atoms with Crippen molar-refractivity contribution in [3.63, 3.8) is 0 Å². The van der Waals surface area contributed by atoms with Crippen molar-refractivity contribution in [3.05, 3.63) is 65.5 Å². The van der Waals surface area contributed by atoms with Gasteiger partial charge in [0.1, 0.15) is 11.6 Å². The van der Waals surface area contributed by atoms with Crippen LogP contribution in [0.2, 0.25) is 0 Å². The lowest BCUT2D eigenvalue weighted by atomic mass is 9.81. The Labute approximate surface area is 172 Å². The van der Waals surface area contributed by atoms with Crippen molar-refractivity contribution in [1.82, 2.24) is 9.80 Å². The number of likely N-dealkylation sites (tertiary alicyclic amines) is 2. The highest BCUT2D eigenvalue weighted by molar-refractivity contribution is 5.76. The van der Waals surface area contributed by atoms with E-state index in [0.717, 1.165) is 43.9 Å². The topological polar surface area (TPSA) is 32.8 Å². The number of rotatable bonds is 5. The number of nitrogens with zero attached hydrogens (tertiary/aromatic N) is 2. The monoisotopic (exact) mass is 396 g/mol. The van der Waals surface area contributed by atoms with Crippen LogP contribution in [0.3, 0.4) is 0 Å². The molecular formula is C24H29FN2O2. The molecule has 2 heterocycles. The summed E-state index contributed by atoms with van der Waals surface area (Å²) in [5.74, 6) is 1.52. The zero-order valence-corrected chi connectivity index (χ0v) is 17.2. The lowest BCUT2D eigenvalue weighted by molar-refractivity contribution is -0.132. The van der Waals surface area contributed by atoms with Gasteiger partial charge in [-0.3, -0.25) is 9.69 Å². The summed E-state index contributed by atoms with van der Waals surface area (Å²) in [7, 11) is 1.68. The molecule has 0 radical (unpaired) electrons. The summed E-state index contributed by atoms with van der Waals surface area (Å²) in [6.07, 6.45) is 1.53. The van der Waals surface area contributed by atoms with E-state index in [0.29, 0.717) is 12.3 Å². The van der Waals surface area contributed by atoms with E-state index in [2.05, 4.69) is 21.9 Å². The number of methoxy groups -OCH3 is 1. The summed E-state index contributed by atoms with van der Waals surface area (Å²) in [5.41, 5.74) is 2.40. The van der Waals surface area contributed by atoms with Crippen LogP contribution in [0, 0.1) is 11.7 Å². The van der Waals surface area contributed by atoms with Crippen LogP contribution in [0.1, 0.15) is 36.8 Å². The Balaban J connectivity index is 1.53. The Morgan fingerprint density at radius 1 is 1.10 bits per heavy atom. The van der Waals surface area contributed by atoms with Crippen molar-refractivity contribution >= 4 is 5.91 Å². The number of piperidine rings is 1. The molecule has 0 spiro atoms. The number of amides is 1. The smallest absolute Gasteiger partial charge is 0.222 e. The molecule has 0 aliphatic carbocycles. The predicted molar refractivity (Wildman–Crippen MR) is 111 cm³/mol. The fourth-order valence-electron chi connectivity index (χ4n) is 4.99. The van der Waals surface area contributed by atoms with Gasteiger partial charge in [0.15, 0.2) is 0 Å². The van der Waals surface area contributed by atoms with Gasteiger partial charge < -0.3 is 9.64 Å². The number of benzene rings is 2. The quantitative estimate of drug-likeness (QED) is 0.764. The van der Waals surface area contributed by atoms with Crippen molar-refractivity contribution < 1.29 is 13.9 Å². The van der Waals surface area contributed by atoms with Crippen LogP contribution in [-0.4, -0.2) is 48.5 Å². The number of hydrogen-bond acceptors (Lipinski definition) is 3. The highest BCUT2D eigenvalue weighted by Gasteiger charge is 2.46. The number of ether oxygens (including phenoxy) is 1. The third kappa shape index (κ3) is 4.15. The number of carbonyl (C=O) groups is 1. The van der Waals surface area contributed by atoms with Crippen molar-refractivity contribution in [1.29, 1.82) is 0 Å². The third-order valence-electron chi connectivity index (χ3n) is 6.50. The second-order valence-corrected chi connectivity index (χ2v) is 8.16. The van der Waals surface area contributed by atoms with Crippen LogP contribution in [0.15, 0.2) is 48.5 Å². The van der Waals surface area contributed by atoms with Gasteiger partial charge in [0, 0.05) is 50.5 Å². The normalized spacial score (nSPS) is 24.4. The first-order valence-corrected chi connectivity index (χ1v) is 10.5. The largest absolute Gasteiger partial charge is 0.497 e. The van der Waals surface area contributed by atoms with E-state index in [9.17, 15) is 9.18 Å². The summed E-state index contributed by atoms with van der Waals surface area (Å²) in [6, 6.07) is 15.4. The summed E-state index contributed by atoms with van der Waals surface area (Å²) < 4.78 is 18.7. The van der Waals surface area contributed by atoms with E-state index < -0.39 is 0 Å². The standard InChI is InChI=1S/C24H29FN2O2/c1-3-24(28)27-16-21(18-6-8-19(25)9-7-18)22-15-26(13-12-23(22)27)14-17-4-10-20(29-2)11-5-17/h4-11,21-23H,3,12-16H2,1-2H3/t21-,22-,23-/m1/s1. The van der Waals surface area contributed by atoms with E-state index in [1.54, 1.807) is 7.11 Å². The van der Waals surface area contributed by atoms with Crippen LogP contribution in [0.4, 0.5) is 4.39 Å². The Morgan fingerprint density at radius 3 is 2.48 bits per heavy atom.